The summed E-state index contributed by atoms with van der Waals surface area (Å²) < 4.78 is 17.4. The van der Waals surface area contributed by atoms with Crippen LogP contribution in [0.5, 0.6) is 11.5 Å². The van der Waals surface area contributed by atoms with Crippen LogP contribution in [0.25, 0.3) is 0 Å². The Balaban J connectivity index is 2.01. The molecule has 1 aliphatic heterocycles. The van der Waals surface area contributed by atoms with Crippen molar-refractivity contribution in [3.05, 3.63) is 47.6 Å². The van der Waals surface area contributed by atoms with Gasteiger partial charge in [-0.25, -0.2) is 0 Å². The van der Waals surface area contributed by atoms with E-state index >= 15 is 0 Å². The van der Waals surface area contributed by atoms with Gasteiger partial charge < -0.3 is 34.6 Å². The predicted octanol–water partition coefficient (Wildman–Crippen LogP) is 2.52. The van der Waals surface area contributed by atoms with E-state index in [1.807, 2.05) is 19.9 Å². The fourth-order valence-corrected chi connectivity index (χ4v) is 5.26. The molecule has 2 amide bonds. The molecule has 0 aromatic heterocycles. The number of aliphatic hydroxyl groups excluding tert-OH is 2. The van der Waals surface area contributed by atoms with Crippen LogP contribution in [0.4, 0.5) is 0 Å². The fourth-order valence-electron chi connectivity index (χ4n) is 5.26. The summed E-state index contributed by atoms with van der Waals surface area (Å²) in [4.78, 5) is 40.1. The van der Waals surface area contributed by atoms with Crippen molar-refractivity contribution in [3.63, 3.8) is 0 Å². The third-order valence-electron chi connectivity index (χ3n) is 7.13. The Labute approximate surface area is 236 Å². The number of hydrogen-bond donors (Lipinski definition) is 3. The molecule has 2 aliphatic rings. The lowest BCUT2D eigenvalue weighted by atomic mass is 9.77. The molecule has 10 heteroatoms. The Morgan fingerprint density at radius 3 is 2.67 bits per heavy atom. The zero-order chi connectivity index (χ0) is 29.2. The first-order valence-electron chi connectivity index (χ1n) is 13.9. The maximum absolute atomic E-state index is 13.5. The van der Waals surface area contributed by atoms with Gasteiger partial charge in [0.2, 0.25) is 11.8 Å². The maximum Gasteiger partial charge on any atom is 0.247 e. The summed E-state index contributed by atoms with van der Waals surface area (Å²) in [5.41, 5.74) is 1.18. The van der Waals surface area contributed by atoms with Gasteiger partial charge >= 0.3 is 0 Å². The fraction of sp³-hybridized carbons (Fsp3) is 0.567. The van der Waals surface area contributed by atoms with Crippen molar-refractivity contribution in [2.24, 2.45) is 0 Å². The van der Waals surface area contributed by atoms with E-state index in [1.165, 1.54) is 13.2 Å². The molecule has 40 heavy (non-hydrogen) atoms. The van der Waals surface area contributed by atoms with Crippen LogP contribution >= 0.6 is 0 Å². The number of benzene rings is 1. The highest BCUT2D eigenvalue weighted by Gasteiger charge is 2.51. The lowest BCUT2D eigenvalue weighted by Crippen LogP contribution is -2.56. The van der Waals surface area contributed by atoms with Crippen LogP contribution in [-0.2, 0) is 14.3 Å². The molecule has 0 saturated heterocycles. The first kappa shape index (κ1) is 31.3. The highest BCUT2D eigenvalue weighted by molar-refractivity contribution is 5.96. The van der Waals surface area contributed by atoms with E-state index in [4.69, 9.17) is 14.2 Å². The number of aldehydes is 1. The third kappa shape index (κ3) is 7.30. The van der Waals surface area contributed by atoms with Crippen LogP contribution in [0.2, 0.25) is 0 Å². The van der Waals surface area contributed by atoms with Gasteiger partial charge in [0.1, 0.15) is 18.5 Å². The molecular weight excluding hydrogens is 516 g/mol. The predicted molar refractivity (Wildman–Crippen MR) is 150 cm³/mol. The highest BCUT2D eigenvalue weighted by atomic mass is 16.5. The number of rotatable bonds is 16. The van der Waals surface area contributed by atoms with Crippen molar-refractivity contribution in [2.45, 2.75) is 76.2 Å². The minimum atomic E-state index is -1.17. The summed E-state index contributed by atoms with van der Waals surface area (Å²) in [5.74, 6) is -0.638. The van der Waals surface area contributed by atoms with Gasteiger partial charge in [0, 0.05) is 42.8 Å². The van der Waals surface area contributed by atoms with Gasteiger partial charge in [0.25, 0.3) is 0 Å². The number of carbonyl (C=O) groups excluding carboxylic acids is 3. The zero-order valence-corrected chi connectivity index (χ0v) is 23.6. The number of hydrogen-bond acceptors (Lipinski definition) is 8. The number of nitrogens with one attached hydrogen (secondary N) is 1. The van der Waals surface area contributed by atoms with Crippen molar-refractivity contribution in [2.75, 3.05) is 33.4 Å². The molecule has 220 valence electrons. The molecule has 0 radical (unpaired) electrons. The molecule has 3 rings (SSSR count). The molecule has 0 bridgehead atoms. The van der Waals surface area contributed by atoms with Crippen molar-refractivity contribution >= 4 is 18.1 Å². The normalized spacial score (nSPS) is 21.1. The smallest absolute Gasteiger partial charge is 0.247 e. The second-order valence-corrected chi connectivity index (χ2v) is 10.3. The van der Waals surface area contributed by atoms with Crippen LogP contribution in [0.15, 0.2) is 36.4 Å². The molecule has 4 unspecified atom stereocenters. The summed E-state index contributed by atoms with van der Waals surface area (Å²) >= 11 is 0. The second kappa shape index (κ2) is 15.0. The number of ether oxygens (including phenoxy) is 3. The number of methoxy groups -OCH3 is 1. The van der Waals surface area contributed by atoms with Crippen molar-refractivity contribution in [1.29, 1.82) is 0 Å². The van der Waals surface area contributed by atoms with E-state index < -0.39 is 30.1 Å². The summed E-state index contributed by atoms with van der Waals surface area (Å²) in [5, 5.41) is 23.7. The van der Waals surface area contributed by atoms with E-state index in [2.05, 4.69) is 11.9 Å². The summed E-state index contributed by atoms with van der Waals surface area (Å²) in [6, 6.07) is 2.32. The molecule has 1 aromatic rings. The van der Waals surface area contributed by atoms with E-state index in [0.717, 1.165) is 12.8 Å². The van der Waals surface area contributed by atoms with Gasteiger partial charge in [-0.3, -0.25) is 14.4 Å². The molecule has 1 aromatic carbocycles. The molecule has 0 spiro atoms. The molecule has 10 nitrogen and oxygen atoms in total. The first-order chi connectivity index (χ1) is 19.3. The molecule has 3 N–H and O–H groups in total. The van der Waals surface area contributed by atoms with Gasteiger partial charge in [-0.1, -0.05) is 6.08 Å². The first-order valence-corrected chi connectivity index (χ1v) is 13.9. The zero-order valence-electron chi connectivity index (χ0n) is 23.6. The standard InChI is InChI=1S/C30H42N2O8/c1-5-6-7-8-10-25(35)32(12-9-14-39-19(2)3)23-17-22(30(37)31-11-13-33)26-21-15-20(18-34)16-24(38-4)28(21)40-29(26)27(23)36/h5,15-19,23,26-27,29,33,36H,1,6-14H2,2-4H3,(H,31,37). The molecule has 1 heterocycles. The molecule has 4 atom stereocenters. The summed E-state index contributed by atoms with van der Waals surface area (Å²) in [6.07, 6.45) is 5.22. The number of amides is 2. The topological polar surface area (TPSA) is 135 Å². The number of carbonyl (C=O) groups is 3. The largest absolute Gasteiger partial charge is 0.493 e. The van der Waals surface area contributed by atoms with Gasteiger partial charge in [0.05, 0.1) is 31.8 Å². The van der Waals surface area contributed by atoms with Crippen molar-refractivity contribution in [3.8, 4) is 11.5 Å². The number of fused-ring (bicyclic) bond motifs is 3. The van der Waals surface area contributed by atoms with Crippen LogP contribution in [-0.4, -0.2) is 91.0 Å². The summed E-state index contributed by atoms with van der Waals surface area (Å²) in [6.45, 7) is 8.15. The van der Waals surface area contributed by atoms with E-state index in [-0.39, 0.29) is 31.6 Å². The Hall–Kier alpha value is -3.21. The minimum Gasteiger partial charge on any atom is -0.493 e. The van der Waals surface area contributed by atoms with Gasteiger partial charge in [-0.15, -0.1) is 6.58 Å². The van der Waals surface area contributed by atoms with Crippen molar-refractivity contribution in [1.82, 2.24) is 10.2 Å². The van der Waals surface area contributed by atoms with Crippen LogP contribution in [0.1, 0.15) is 67.8 Å². The number of aliphatic hydroxyl groups is 2. The average Bonchev–Trinajstić information content (AvgIpc) is 3.34. The Morgan fingerprint density at radius 1 is 1.25 bits per heavy atom. The molecule has 0 fully saturated rings. The Bertz CT molecular complexity index is 1090. The monoisotopic (exact) mass is 558 g/mol. The maximum atomic E-state index is 13.5. The number of allylic oxidation sites excluding steroid dienone is 1. The van der Waals surface area contributed by atoms with Gasteiger partial charge in [-0.05, 0) is 57.7 Å². The lowest BCUT2D eigenvalue weighted by molar-refractivity contribution is -0.137. The second-order valence-electron chi connectivity index (χ2n) is 10.3. The van der Waals surface area contributed by atoms with Crippen molar-refractivity contribution < 1.29 is 38.8 Å². The molecular formula is C30H42N2O8. The van der Waals surface area contributed by atoms with Crippen LogP contribution in [0.3, 0.4) is 0 Å². The molecule has 0 saturated carbocycles. The number of unbranched alkanes of at least 4 members (excludes halogenated alkanes) is 2. The highest BCUT2D eigenvalue weighted by Crippen LogP contribution is 2.51. The van der Waals surface area contributed by atoms with E-state index in [0.29, 0.717) is 60.5 Å². The van der Waals surface area contributed by atoms with Crippen LogP contribution < -0.4 is 14.8 Å². The van der Waals surface area contributed by atoms with Crippen LogP contribution in [0, 0.1) is 0 Å². The van der Waals surface area contributed by atoms with E-state index in [9.17, 15) is 24.6 Å². The SMILES string of the molecule is C=CCCCCC(=O)N(CCCOC(C)C)C1C=C(C(=O)NCCO)C2c3cc(C=O)cc(OC)c3OC2C1O. The Morgan fingerprint density at radius 2 is 2.02 bits per heavy atom. The van der Waals surface area contributed by atoms with E-state index in [1.54, 1.807) is 17.0 Å². The molecule has 1 aliphatic carbocycles. The van der Waals surface area contributed by atoms with Gasteiger partial charge in [-0.2, -0.15) is 0 Å². The van der Waals surface area contributed by atoms with Gasteiger partial charge in [0.15, 0.2) is 11.5 Å². The summed E-state index contributed by atoms with van der Waals surface area (Å²) in [7, 11) is 1.45. The third-order valence-corrected chi connectivity index (χ3v) is 7.13. The minimum absolute atomic E-state index is 0.0324. The lowest BCUT2D eigenvalue weighted by Gasteiger charge is -2.41. The quantitative estimate of drug-likeness (QED) is 0.160. The Kier molecular flexibility index (Phi) is 11.7. The number of nitrogens with zero attached hydrogens (tertiary/aromatic N) is 1. The average molecular weight is 559 g/mol.